The minimum Gasteiger partial charge on any atom is -0.497 e. The fraction of sp³-hybridized carbons (Fsp3) is 0.417. The Morgan fingerprint density at radius 3 is 2.21 bits per heavy atom. The van der Waals surface area contributed by atoms with Crippen molar-refractivity contribution in [2.75, 3.05) is 7.11 Å². The summed E-state index contributed by atoms with van der Waals surface area (Å²) in [5.41, 5.74) is 5.55. The van der Waals surface area contributed by atoms with Gasteiger partial charge in [0.15, 0.2) is 0 Å². The van der Waals surface area contributed by atoms with Gasteiger partial charge in [0.2, 0.25) is 10.0 Å². The quantitative estimate of drug-likeness (QED) is 0.774. The lowest BCUT2D eigenvalue weighted by atomic mass is 10.1. The zero-order valence-electron chi connectivity index (χ0n) is 11.1. The second-order valence-electron chi connectivity index (χ2n) is 4.42. The number of hydrogen-bond acceptors (Lipinski definition) is 4. The Bertz CT molecular complexity index is 539. The van der Waals surface area contributed by atoms with Crippen LogP contribution in [0.25, 0.3) is 0 Å². The van der Waals surface area contributed by atoms with Gasteiger partial charge in [-0.25, -0.2) is 13.1 Å². The molecule has 0 amide bonds. The highest BCUT2D eigenvalue weighted by Crippen LogP contribution is 2.16. The van der Waals surface area contributed by atoms with Gasteiger partial charge in [-0.05, 0) is 30.2 Å². The molecule has 0 heterocycles. The molecule has 1 rings (SSSR count). The first-order chi connectivity index (χ1) is 8.77. The van der Waals surface area contributed by atoms with Crippen LogP contribution in [0, 0.1) is 5.92 Å². The molecule has 1 aromatic carbocycles. The maximum atomic E-state index is 12.2. The molecular weight excluding hydrogens is 284 g/mol. The van der Waals surface area contributed by atoms with Crippen LogP contribution in [-0.4, -0.2) is 26.6 Å². The predicted octanol–water partition coefficient (Wildman–Crippen LogP) is 1.28. The number of hydrogen-bond donors (Lipinski definition) is 2. The Balaban J connectivity index is 2.99. The van der Waals surface area contributed by atoms with Crippen LogP contribution in [0.4, 0.5) is 0 Å². The summed E-state index contributed by atoms with van der Waals surface area (Å²) in [5, 5.41) is 0. The average Bonchev–Trinajstić information content (AvgIpc) is 2.35. The lowest BCUT2D eigenvalue weighted by Gasteiger charge is -2.20. The first-order valence-corrected chi connectivity index (χ1v) is 7.62. The fourth-order valence-electron chi connectivity index (χ4n) is 1.51. The van der Waals surface area contributed by atoms with Crippen LogP contribution in [0.15, 0.2) is 29.2 Å². The highest BCUT2D eigenvalue weighted by molar-refractivity contribution is 7.89. The molecule has 0 aliphatic rings. The summed E-state index contributed by atoms with van der Waals surface area (Å²) < 4.78 is 31.9. The van der Waals surface area contributed by atoms with Crippen molar-refractivity contribution in [1.29, 1.82) is 0 Å². The van der Waals surface area contributed by atoms with Crippen molar-refractivity contribution >= 4 is 27.2 Å². The van der Waals surface area contributed by atoms with E-state index in [4.69, 9.17) is 22.7 Å². The fourth-order valence-corrected chi connectivity index (χ4v) is 3.28. The minimum atomic E-state index is -3.65. The maximum Gasteiger partial charge on any atom is 0.241 e. The van der Waals surface area contributed by atoms with Crippen molar-refractivity contribution in [1.82, 2.24) is 4.72 Å². The summed E-state index contributed by atoms with van der Waals surface area (Å²) in [6.07, 6.45) is 0. The third-order valence-corrected chi connectivity index (χ3v) is 4.34. The van der Waals surface area contributed by atoms with E-state index in [0.29, 0.717) is 5.75 Å². The SMILES string of the molecule is COc1ccc(S(=O)(=O)NC(C(N)=S)C(C)C)cc1. The van der Waals surface area contributed by atoms with Gasteiger partial charge in [0.05, 0.1) is 23.0 Å². The zero-order chi connectivity index (χ0) is 14.6. The van der Waals surface area contributed by atoms with E-state index in [0.717, 1.165) is 0 Å². The van der Waals surface area contributed by atoms with Gasteiger partial charge in [-0.1, -0.05) is 26.1 Å². The Hall–Kier alpha value is -1.18. The normalized spacial score (nSPS) is 13.3. The monoisotopic (exact) mass is 302 g/mol. The molecule has 3 N–H and O–H groups in total. The van der Waals surface area contributed by atoms with Gasteiger partial charge in [0.25, 0.3) is 0 Å². The van der Waals surface area contributed by atoms with Gasteiger partial charge in [0, 0.05) is 0 Å². The van der Waals surface area contributed by atoms with Crippen LogP contribution in [0.1, 0.15) is 13.8 Å². The minimum absolute atomic E-state index is 0.0227. The molecule has 0 saturated carbocycles. The molecule has 1 atom stereocenters. The lowest BCUT2D eigenvalue weighted by molar-refractivity contribution is 0.414. The van der Waals surface area contributed by atoms with Gasteiger partial charge in [0.1, 0.15) is 5.75 Å². The largest absolute Gasteiger partial charge is 0.497 e. The molecule has 0 aliphatic carbocycles. The molecule has 1 aromatic rings. The average molecular weight is 302 g/mol. The molecular formula is C12H18N2O3S2. The standard InChI is InChI=1S/C12H18N2O3S2/c1-8(2)11(12(13)18)14-19(15,16)10-6-4-9(17-3)5-7-10/h4-8,11,14H,1-3H3,(H2,13,18). The van der Waals surface area contributed by atoms with Gasteiger partial charge >= 0.3 is 0 Å². The Morgan fingerprint density at radius 1 is 1.32 bits per heavy atom. The molecule has 19 heavy (non-hydrogen) atoms. The summed E-state index contributed by atoms with van der Waals surface area (Å²) in [7, 11) is -2.13. The number of methoxy groups -OCH3 is 1. The molecule has 0 radical (unpaired) electrons. The number of sulfonamides is 1. The second-order valence-corrected chi connectivity index (χ2v) is 6.61. The number of rotatable bonds is 6. The van der Waals surface area contributed by atoms with Crippen LogP contribution >= 0.6 is 12.2 Å². The van der Waals surface area contributed by atoms with E-state index < -0.39 is 16.1 Å². The molecule has 0 aromatic heterocycles. The Morgan fingerprint density at radius 2 is 1.84 bits per heavy atom. The number of thiocarbonyl (C=S) groups is 1. The highest BCUT2D eigenvalue weighted by Gasteiger charge is 2.24. The van der Waals surface area contributed by atoms with Crippen molar-refractivity contribution in [3.05, 3.63) is 24.3 Å². The van der Waals surface area contributed by atoms with E-state index in [-0.39, 0.29) is 15.8 Å². The molecule has 0 fully saturated rings. The molecule has 106 valence electrons. The predicted molar refractivity (Wildman–Crippen MR) is 78.7 cm³/mol. The second kappa shape index (κ2) is 6.31. The molecule has 0 aliphatic heterocycles. The summed E-state index contributed by atoms with van der Waals surface area (Å²) >= 11 is 4.88. The lowest BCUT2D eigenvalue weighted by Crippen LogP contribution is -2.46. The third kappa shape index (κ3) is 4.15. The van der Waals surface area contributed by atoms with Gasteiger partial charge < -0.3 is 10.5 Å². The van der Waals surface area contributed by atoms with Gasteiger partial charge in [-0.3, -0.25) is 0 Å². The molecule has 0 saturated heterocycles. The van der Waals surface area contributed by atoms with E-state index in [1.54, 1.807) is 12.1 Å². The van der Waals surface area contributed by atoms with Crippen LogP contribution in [0.5, 0.6) is 5.75 Å². The molecule has 1 unspecified atom stereocenters. The van der Waals surface area contributed by atoms with E-state index in [1.807, 2.05) is 13.8 Å². The van der Waals surface area contributed by atoms with E-state index >= 15 is 0 Å². The summed E-state index contributed by atoms with van der Waals surface area (Å²) in [4.78, 5) is 0.280. The third-order valence-electron chi connectivity index (χ3n) is 2.63. The maximum absolute atomic E-state index is 12.2. The van der Waals surface area contributed by atoms with Crippen LogP contribution in [0.3, 0.4) is 0 Å². The van der Waals surface area contributed by atoms with Crippen LogP contribution in [-0.2, 0) is 10.0 Å². The van der Waals surface area contributed by atoms with Crippen molar-refractivity contribution in [3.8, 4) is 5.75 Å². The topological polar surface area (TPSA) is 81.4 Å². The molecule has 0 bridgehead atoms. The van der Waals surface area contributed by atoms with E-state index in [9.17, 15) is 8.42 Å². The smallest absolute Gasteiger partial charge is 0.241 e. The molecule has 0 spiro atoms. The number of ether oxygens (including phenoxy) is 1. The van der Waals surface area contributed by atoms with Crippen molar-refractivity contribution in [2.45, 2.75) is 24.8 Å². The number of nitrogens with two attached hydrogens (primary N) is 1. The first-order valence-electron chi connectivity index (χ1n) is 5.73. The number of nitrogens with one attached hydrogen (secondary N) is 1. The van der Waals surface area contributed by atoms with Gasteiger partial charge in [-0.15, -0.1) is 0 Å². The van der Waals surface area contributed by atoms with Crippen LogP contribution < -0.4 is 15.2 Å². The highest BCUT2D eigenvalue weighted by atomic mass is 32.2. The summed E-state index contributed by atoms with van der Waals surface area (Å²) in [6, 6.07) is 5.54. The summed E-state index contributed by atoms with van der Waals surface area (Å²) in [6.45, 7) is 3.70. The van der Waals surface area contributed by atoms with Crippen LogP contribution in [0.2, 0.25) is 0 Å². The first kappa shape index (κ1) is 15.9. The van der Waals surface area contributed by atoms with Crippen molar-refractivity contribution in [2.24, 2.45) is 11.7 Å². The Kier molecular flexibility index (Phi) is 5.28. The number of benzene rings is 1. The zero-order valence-corrected chi connectivity index (χ0v) is 12.7. The Labute approximate surface area is 119 Å². The van der Waals surface area contributed by atoms with E-state index in [1.165, 1.54) is 19.2 Å². The van der Waals surface area contributed by atoms with Crippen molar-refractivity contribution in [3.63, 3.8) is 0 Å². The molecule has 7 heteroatoms. The molecule has 5 nitrogen and oxygen atoms in total. The van der Waals surface area contributed by atoms with Crippen molar-refractivity contribution < 1.29 is 13.2 Å². The van der Waals surface area contributed by atoms with Gasteiger partial charge in [-0.2, -0.15) is 0 Å². The summed E-state index contributed by atoms with van der Waals surface area (Å²) in [5.74, 6) is 0.569. The van der Waals surface area contributed by atoms with E-state index in [2.05, 4.69) is 4.72 Å².